The van der Waals surface area contributed by atoms with E-state index in [1.54, 1.807) is 24.3 Å². The Labute approximate surface area is 167 Å². The number of thiocarbonyl (C=S) groups is 1. The van der Waals surface area contributed by atoms with Gasteiger partial charge in [-0.3, -0.25) is 4.79 Å². The van der Waals surface area contributed by atoms with E-state index in [1.165, 1.54) is 7.11 Å². The van der Waals surface area contributed by atoms with Crippen molar-refractivity contribution in [2.45, 2.75) is 13.0 Å². The van der Waals surface area contributed by atoms with Gasteiger partial charge in [0.25, 0.3) is 5.78 Å². The Morgan fingerprint density at radius 3 is 2.30 bits per heavy atom. The molecular weight excluding hydrogens is 384 g/mol. The zero-order valence-corrected chi connectivity index (χ0v) is 16.3. The van der Waals surface area contributed by atoms with Crippen LogP contribution in [-0.4, -0.2) is 24.0 Å². The lowest BCUT2D eigenvalue weighted by Crippen LogP contribution is -2.46. The molecule has 2 aromatic carbocycles. The van der Waals surface area contributed by atoms with Crippen molar-refractivity contribution in [2.75, 3.05) is 7.11 Å². The van der Waals surface area contributed by atoms with Gasteiger partial charge in [0.15, 0.2) is 5.11 Å². The molecule has 5 nitrogen and oxygen atoms in total. The minimum absolute atomic E-state index is 0.238. The van der Waals surface area contributed by atoms with Crippen molar-refractivity contribution < 1.29 is 14.3 Å². The summed E-state index contributed by atoms with van der Waals surface area (Å²) < 4.78 is 4.67. The summed E-state index contributed by atoms with van der Waals surface area (Å²) in [6.45, 7) is 1.97. The number of ether oxygens (including phenoxy) is 1. The predicted octanol–water partition coefficient (Wildman–Crippen LogP) is 3.32. The van der Waals surface area contributed by atoms with Crippen LogP contribution in [0.15, 0.2) is 54.1 Å². The Morgan fingerprint density at radius 2 is 1.70 bits per heavy atom. The molecule has 0 aromatic heterocycles. The topological polar surface area (TPSA) is 67.4 Å². The normalized spacial score (nSPS) is 16.4. The number of esters is 1. The van der Waals surface area contributed by atoms with Crippen molar-refractivity contribution in [1.29, 1.82) is 0 Å². The number of Topliss-reactive ketones (excluding diaryl/α,β-unsaturated/α-hetero) is 1. The highest BCUT2D eigenvalue weighted by Gasteiger charge is 2.35. The van der Waals surface area contributed by atoms with Crippen molar-refractivity contribution >= 4 is 46.4 Å². The van der Waals surface area contributed by atoms with E-state index in [2.05, 4.69) is 15.4 Å². The number of halogens is 1. The molecule has 0 saturated carbocycles. The quantitative estimate of drug-likeness (QED) is 0.466. The van der Waals surface area contributed by atoms with Gasteiger partial charge in [0.05, 0.1) is 24.4 Å². The lowest BCUT2D eigenvalue weighted by Gasteiger charge is -2.31. The third-order valence-electron chi connectivity index (χ3n) is 4.23. The molecule has 0 amide bonds. The van der Waals surface area contributed by atoms with Gasteiger partial charge in [-0.25, -0.2) is 4.79 Å². The molecule has 138 valence electrons. The minimum atomic E-state index is -0.940. The van der Waals surface area contributed by atoms with Crippen LogP contribution in [0, 0.1) is 6.92 Å². The Bertz CT molecular complexity index is 937. The van der Waals surface area contributed by atoms with Crippen LogP contribution < -0.4 is 10.6 Å². The highest BCUT2D eigenvalue weighted by Crippen LogP contribution is 2.32. The van der Waals surface area contributed by atoms with Crippen LogP contribution in [0.4, 0.5) is 0 Å². The summed E-state index contributed by atoms with van der Waals surface area (Å²) in [7, 11) is 1.18. The summed E-state index contributed by atoms with van der Waals surface area (Å²) >= 11 is 11.3. The smallest absolute Gasteiger partial charge is 0.379 e. The molecule has 3 rings (SSSR count). The van der Waals surface area contributed by atoms with E-state index in [4.69, 9.17) is 23.8 Å². The van der Waals surface area contributed by atoms with Gasteiger partial charge in [0.1, 0.15) is 0 Å². The number of nitrogens with one attached hydrogen (secondary N) is 2. The number of carbonyl (C=O) groups is 2. The van der Waals surface area contributed by atoms with E-state index in [0.717, 1.165) is 16.7 Å². The van der Waals surface area contributed by atoms with Gasteiger partial charge in [-0.2, -0.15) is 0 Å². The predicted molar refractivity (Wildman–Crippen MR) is 108 cm³/mol. The van der Waals surface area contributed by atoms with Gasteiger partial charge in [-0.15, -0.1) is 0 Å². The zero-order chi connectivity index (χ0) is 19.6. The first-order chi connectivity index (χ1) is 12.9. The number of benzene rings is 2. The number of carbonyl (C=O) groups excluding carboxylic acids is 2. The molecule has 2 N–H and O–H groups in total. The fourth-order valence-corrected chi connectivity index (χ4v) is 3.21. The van der Waals surface area contributed by atoms with Crippen molar-refractivity contribution in [2.24, 2.45) is 0 Å². The lowest BCUT2D eigenvalue weighted by atomic mass is 9.90. The summed E-state index contributed by atoms with van der Waals surface area (Å²) in [5, 5.41) is 7.00. The SMILES string of the molecule is COC(=O)C(=O)C1=C(c2ccc(C)cc2)NC(=S)N[C@H]1c1ccc(Cl)cc1. The Kier molecular flexibility index (Phi) is 5.58. The second kappa shape index (κ2) is 7.90. The molecule has 0 spiro atoms. The molecule has 27 heavy (non-hydrogen) atoms. The summed E-state index contributed by atoms with van der Waals surface area (Å²) in [4.78, 5) is 24.9. The molecule has 0 unspecified atom stereocenters. The molecule has 1 aliphatic rings. The monoisotopic (exact) mass is 400 g/mol. The third-order valence-corrected chi connectivity index (χ3v) is 4.70. The molecule has 1 atom stereocenters. The van der Waals surface area contributed by atoms with Crippen molar-refractivity contribution in [1.82, 2.24) is 10.6 Å². The van der Waals surface area contributed by atoms with Gasteiger partial charge < -0.3 is 15.4 Å². The van der Waals surface area contributed by atoms with Crippen LogP contribution >= 0.6 is 23.8 Å². The van der Waals surface area contributed by atoms with Crippen LogP contribution in [0.3, 0.4) is 0 Å². The van der Waals surface area contributed by atoms with Crippen molar-refractivity contribution in [3.63, 3.8) is 0 Å². The van der Waals surface area contributed by atoms with Gasteiger partial charge in [-0.05, 0) is 42.4 Å². The number of methoxy groups -OCH3 is 1. The number of rotatable bonds is 4. The first-order valence-electron chi connectivity index (χ1n) is 8.17. The Hall–Kier alpha value is -2.70. The van der Waals surface area contributed by atoms with E-state index in [-0.39, 0.29) is 5.57 Å². The number of aryl methyl sites for hydroxylation is 1. The fourth-order valence-electron chi connectivity index (χ4n) is 2.86. The molecule has 0 aliphatic carbocycles. The second-order valence-corrected chi connectivity index (χ2v) is 6.90. The number of hydrogen-bond acceptors (Lipinski definition) is 4. The van der Waals surface area contributed by atoms with E-state index in [9.17, 15) is 9.59 Å². The molecule has 1 aliphatic heterocycles. The molecule has 1 heterocycles. The molecule has 0 saturated heterocycles. The van der Waals surface area contributed by atoms with Crippen LogP contribution in [0.5, 0.6) is 0 Å². The summed E-state index contributed by atoms with van der Waals surface area (Å²) in [6, 6.07) is 14.0. The van der Waals surface area contributed by atoms with Gasteiger partial charge in [-0.1, -0.05) is 53.6 Å². The maximum Gasteiger partial charge on any atom is 0.379 e. The Balaban J connectivity index is 2.21. The van der Waals surface area contributed by atoms with E-state index in [0.29, 0.717) is 15.8 Å². The zero-order valence-electron chi connectivity index (χ0n) is 14.7. The van der Waals surface area contributed by atoms with Gasteiger partial charge in [0, 0.05) is 5.02 Å². The third kappa shape index (κ3) is 4.02. The van der Waals surface area contributed by atoms with Crippen LogP contribution in [0.2, 0.25) is 5.02 Å². The van der Waals surface area contributed by atoms with Crippen LogP contribution in [0.25, 0.3) is 5.70 Å². The maximum absolute atomic E-state index is 12.9. The average molecular weight is 401 g/mol. The van der Waals surface area contributed by atoms with Crippen LogP contribution in [0.1, 0.15) is 22.7 Å². The highest BCUT2D eigenvalue weighted by molar-refractivity contribution is 7.80. The fraction of sp³-hybridized carbons (Fsp3) is 0.150. The van der Waals surface area contributed by atoms with E-state index in [1.807, 2.05) is 31.2 Å². The molecule has 0 radical (unpaired) electrons. The van der Waals surface area contributed by atoms with E-state index < -0.39 is 17.8 Å². The highest BCUT2D eigenvalue weighted by atomic mass is 35.5. The summed E-state index contributed by atoms with van der Waals surface area (Å²) in [5.74, 6) is -1.68. The van der Waals surface area contributed by atoms with Gasteiger partial charge >= 0.3 is 5.97 Å². The second-order valence-electron chi connectivity index (χ2n) is 6.06. The number of hydrogen-bond donors (Lipinski definition) is 2. The lowest BCUT2D eigenvalue weighted by molar-refractivity contribution is -0.150. The molecule has 0 bridgehead atoms. The number of ketones is 1. The van der Waals surface area contributed by atoms with Crippen molar-refractivity contribution in [3.05, 3.63) is 75.8 Å². The molecule has 2 aromatic rings. The van der Waals surface area contributed by atoms with E-state index >= 15 is 0 Å². The Morgan fingerprint density at radius 1 is 1.07 bits per heavy atom. The minimum Gasteiger partial charge on any atom is -0.463 e. The molecule has 7 heteroatoms. The average Bonchev–Trinajstić information content (AvgIpc) is 2.67. The maximum atomic E-state index is 12.9. The first-order valence-corrected chi connectivity index (χ1v) is 8.96. The van der Waals surface area contributed by atoms with Crippen LogP contribution in [-0.2, 0) is 14.3 Å². The van der Waals surface area contributed by atoms with Gasteiger partial charge in [0.2, 0.25) is 0 Å². The molecular formula is C20H17ClN2O3S. The summed E-state index contributed by atoms with van der Waals surface area (Å²) in [5.41, 5.74) is 3.29. The standard InChI is InChI=1S/C20H17ClN2O3S/c1-11-3-5-12(6-4-11)16-15(18(24)19(25)26-2)17(23-20(27)22-16)13-7-9-14(21)10-8-13/h3-10,17H,1-2H3,(H2,22,23,27)/t17-/m0/s1. The molecule has 0 fully saturated rings. The summed E-state index contributed by atoms with van der Waals surface area (Å²) in [6.07, 6.45) is 0. The first kappa shape index (κ1) is 19.1. The van der Waals surface area contributed by atoms with Crippen molar-refractivity contribution in [3.8, 4) is 0 Å². The largest absolute Gasteiger partial charge is 0.463 e.